The Morgan fingerprint density at radius 3 is 2.30 bits per heavy atom. The van der Waals surface area contributed by atoms with Crippen molar-refractivity contribution in [2.45, 2.75) is 99.3 Å². The van der Waals surface area contributed by atoms with E-state index in [0.717, 1.165) is 44.1 Å². The summed E-state index contributed by atoms with van der Waals surface area (Å²) in [6.07, 6.45) is 15.4. The van der Waals surface area contributed by atoms with E-state index >= 15 is 0 Å². The van der Waals surface area contributed by atoms with Crippen LogP contribution in [-0.2, 0) is 14.3 Å². The maximum atomic E-state index is 12.9. The van der Waals surface area contributed by atoms with Crippen LogP contribution < -0.4 is 0 Å². The third-order valence-corrected chi connectivity index (χ3v) is 14.7. The molecule has 5 aliphatic rings. The number of rotatable bonds is 6. The largest absolute Gasteiger partial charge is 0.481 e. The molecule has 5 aliphatic carbocycles. The smallest absolute Gasteiger partial charge is 0.309 e. The number of benzene rings is 1. The fraction of sp³-hybridized carbons (Fsp3) is 0.641. The second-order valence-corrected chi connectivity index (χ2v) is 16.3. The highest BCUT2D eigenvalue weighted by atomic mass is 16.5. The number of hydrogen-bond acceptors (Lipinski definition) is 3. The molecule has 0 bridgehead atoms. The first kappa shape index (κ1) is 30.4. The molecule has 0 aliphatic heterocycles. The average molecular weight is 585 g/mol. The molecule has 6 rings (SSSR count). The van der Waals surface area contributed by atoms with E-state index in [1.54, 1.807) is 0 Å². The van der Waals surface area contributed by atoms with Crippen LogP contribution in [0.25, 0.3) is 11.6 Å². The molecule has 0 heterocycles. The molecule has 9 atom stereocenters. The van der Waals surface area contributed by atoms with Crippen molar-refractivity contribution >= 4 is 24.1 Å². The lowest BCUT2D eigenvalue weighted by molar-refractivity contribution is -0.227. The quantitative estimate of drug-likeness (QED) is 0.205. The highest BCUT2D eigenvalue weighted by Gasteiger charge is 2.71. The van der Waals surface area contributed by atoms with Crippen molar-refractivity contribution in [3.05, 3.63) is 59.9 Å². The summed E-state index contributed by atoms with van der Waals surface area (Å²) in [5, 5.41) is 10.6. The third-order valence-electron chi connectivity index (χ3n) is 14.7. The minimum atomic E-state index is -0.560. The van der Waals surface area contributed by atoms with Crippen LogP contribution in [0.2, 0.25) is 0 Å². The molecule has 1 aromatic carbocycles. The molecule has 0 radical (unpaired) electrons. The van der Waals surface area contributed by atoms with E-state index in [0.29, 0.717) is 30.1 Å². The number of carbonyl (C=O) groups is 2. The van der Waals surface area contributed by atoms with Gasteiger partial charge in [0, 0.05) is 0 Å². The minimum absolute atomic E-state index is 0.0472. The maximum Gasteiger partial charge on any atom is 0.309 e. The van der Waals surface area contributed by atoms with Gasteiger partial charge < -0.3 is 9.84 Å². The standard InChI is InChI=1S/C39H52O4/c1-25(2)28-14-20-39(34(41)42)22-21-37(6)30(33(28)39)12-13-32-36(5)18-15-29(35(3,4)31(36)16-19-38(32,37)7)27-10-8-26(9-11-27)17-23-43-24-40/h8-11,15,17,23-24,28,30-33H,1,12-14,16,18-22H2,2-7H3,(H,41,42)/t28-,30+,31-,32+,33+,36-,37+,38+,39-/m0/s1. The van der Waals surface area contributed by atoms with Crippen LogP contribution in [-0.4, -0.2) is 17.5 Å². The van der Waals surface area contributed by atoms with Crippen molar-refractivity contribution in [3.63, 3.8) is 0 Å². The molecule has 0 aromatic heterocycles. The van der Waals surface area contributed by atoms with Crippen LogP contribution >= 0.6 is 0 Å². The minimum Gasteiger partial charge on any atom is -0.481 e. The van der Waals surface area contributed by atoms with Gasteiger partial charge in [-0.3, -0.25) is 9.59 Å². The van der Waals surface area contributed by atoms with Crippen molar-refractivity contribution in [2.75, 3.05) is 0 Å². The molecule has 0 saturated heterocycles. The molecule has 1 aromatic rings. The van der Waals surface area contributed by atoms with E-state index < -0.39 is 11.4 Å². The molecule has 4 fully saturated rings. The summed E-state index contributed by atoms with van der Waals surface area (Å²) in [6.45, 7) is 19.7. The normalized spacial score (nSPS) is 43.0. The molecule has 1 N–H and O–H groups in total. The van der Waals surface area contributed by atoms with E-state index in [1.165, 1.54) is 42.2 Å². The Morgan fingerprint density at radius 2 is 1.65 bits per heavy atom. The molecular weight excluding hydrogens is 532 g/mol. The van der Waals surface area contributed by atoms with Gasteiger partial charge in [-0.15, -0.1) is 0 Å². The van der Waals surface area contributed by atoms with Gasteiger partial charge in [-0.2, -0.15) is 0 Å². The SMILES string of the molecule is C=C(C)[C@@H]1CC[C@]2(C(=O)O)CC[C@]3(C)[C@H](CC[C@@H]4[C@@]5(C)CC=C(c6ccc(C=COC=O)cc6)C(C)(C)[C@@H]5CC[C@]43C)[C@@H]12. The van der Waals surface area contributed by atoms with E-state index in [2.05, 4.69) is 78.5 Å². The van der Waals surface area contributed by atoms with Gasteiger partial charge in [-0.1, -0.05) is 77.1 Å². The predicted molar refractivity (Wildman–Crippen MR) is 173 cm³/mol. The fourth-order valence-corrected chi connectivity index (χ4v) is 12.5. The molecule has 4 heteroatoms. The second kappa shape index (κ2) is 10.2. The van der Waals surface area contributed by atoms with Gasteiger partial charge in [0.25, 0.3) is 6.47 Å². The molecule has 0 unspecified atom stereocenters. The topological polar surface area (TPSA) is 63.6 Å². The first-order valence-corrected chi connectivity index (χ1v) is 16.7. The number of ether oxygens (including phenoxy) is 1. The summed E-state index contributed by atoms with van der Waals surface area (Å²) in [7, 11) is 0. The Labute approximate surface area is 259 Å². The van der Waals surface area contributed by atoms with Gasteiger partial charge >= 0.3 is 5.97 Å². The van der Waals surface area contributed by atoms with Crippen LogP contribution in [0.5, 0.6) is 0 Å². The summed E-state index contributed by atoms with van der Waals surface area (Å²) in [6, 6.07) is 8.64. The molecule has 0 spiro atoms. The van der Waals surface area contributed by atoms with Gasteiger partial charge in [-0.05, 0) is 139 Å². The number of carboxylic acid groups (broad SMARTS) is 1. The van der Waals surface area contributed by atoms with Crippen molar-refractivity contribution in [1.82, 2.24) is 0 Å². The number of fused-ring (bicyclic) bond motifs is 7. The molecule has 4 nitrogen and oxygen atoms in total. The number of hydrogen-bond donors (Lipinski definition) is 1. The van der Waals surface area contributed by atoms with Gasteiger partial charge in [0.2, 0.25) is 0 Å². The van der Waals surface area contributed by atoms with Crippen molar-refractivity contribution in [3.8, 4) is 0 Å². The zero-order valence-electron chi connectivity index (χ0n) is 27.2. The lowest BCUT2D eigenvalue weighted by Crippen LogP contribution is -2.65. The molecular formula is C39H52O4. The van der Waals surface area contributed by atoms with Crippen LogP contribution in [0, 0.1) is 56.7 Å². The Balaban J connectivity index is 1.33. The molecule has 0 amide bonds. The van der Waals surface area contributed by atoms with E-state index in [-0.39, 0.29) is 27.6 Å². The monoisotopic (exact) mass is 584 g/mol. The van der Waals surface area contributed by atoms with E-state index in [1.807, 2.05) is 6.08 Å². The number of allylic oxidation sites excluding steroid dienone is 3. The lowest BCUT2D eigenvalue weighted by atomic mass is 9.32. The maximum absolute atomic E-state index is 12.9. The van der Waals surface area contributed by atoms with Crippen LogP contribution in [0.4, 0.5) is 0 Å². The zero-order chi connectivity index (χ0) is 31.0. The Morgan fingerprint density at radius 1 is 0.930 bits per heavy atom. The third kappa shape index (κ3) is 4.13. The van der Waals surface area contributed by atoms with Gasteiger partial charge in [0.1, 0.15) is 0 Å². The van der Waals surface area contributed by atoms with E-state index in [4.69, 9.17) is 4.74 Å². The van der Waals surface area contributed by atoms with Crippen LogP contribution in [0.3, 0.4) is 0 Å². The first-order chi connectivity index (χ1) is 20.3. The van der Waals surface area contributed by atoms with Crippen LogP contribution in [0.1, 0.15) is 110 Å². The average Bonchev–Trinajstić information content (AvgIpc) is 3.36. The summed E-state index contributed by atoms with van der Waals surface area (Å²) in [5.41, 5.74) is 5.01. The predicted octanol–water partition coefficient (Wildman–Crippen LogP) is 9.57. The van der Waals surface area contributed by atoms with Gasteiger partial charge in [-0.25, -0.2) is 0 Å². The van der Waals surface area contributed by atoms with Crippen LogP contribution in [0.15, 0.2) is 48.8 Å². The van der Waals surface area contributed by atoms with Crippen molar-refractivity contribution < 1.29 is 19.4 Å². The molecule has 43 heavy (non-hydrogen) atoms. The fourth-order valence-electron chi connectivity index (χ4n) is 12.5. The van der Waals surface area contributed by atoms with Crippen molar-refractivity contribution in [1.29, 1.82) is 0 Å². The zero-order valence-corrected chi connectivity index (χ0v) is 27.2. The summed E-state index contributed by atoms with van der Waals surface area (Å²) < 4.78 is 4.73. The van der Waals surface area contributed by atoms with Gasteiger partial charge in [0.15, 0.2) is 0 Å². The Kier molecular flexibility index (Phi) is 7.22. The van der Waals surface area contributed by atoms with Crippen molar-refractivity contribution in [2.24, 2.45) is 56.7 Å². The van der Waals surface area contributed by atoms with E-state index in [9.17, 15) is 14.7 Å². The highest BCUT2D eigenvalue weighted by molar-refractivity contribution is 5.76. The number of carboxylic acids is 1. The summed E-state index contributed by atoms with van der Waals surface area (Å²) in [4.78, 5) is 23.4. The Bertz CT molecular complexity index is 1370. The summed E-state index contributed by atoms with van der Waals surface area (Å²) in [5.74, 6) is 1.69. The first-order valence-electron chi connectivity index (χ1n) is 16.7. The number of aliphatic carboxylic acids is 1. The summed E-state index contributed by atoms with van der Waals surface area (Å²) >= 11 is 0. The lowest BCUT2D eigenvalue weighted by Gasteiger charge is -2.72. The number of carbonyl (C=O) groups excluding carboxylic acids is 1. The van der Waals surface area contributed by atoms with Gasteiger partial charge in [0.05, 0.1) is 11.7 Å². The highest BCUT2D eigenvalue weighted by Crippen LogP contribution is 2.77. The Hall–Kier alpha value is -2.62. The second-order valence-electron chi connectivity index (χ2n) is 16.3. The molecule has 4 saturated carbocycles. The molecule has 232 valence electrons.